The highest BCUT2D eigenvalue weighted by Gasteiger charge is 2.19. The van der Waals surface area contributed by atoms with Gasteiger partial charge < -0.3 is 10.5 Å². The number of nitrogens with two attached hydrogens (primary N) is 1. The van der Waals surface area contributed by atoms with Crippen LogP contribution in [0.25, 0.3) is 0 Å². The Morgan fingerprint density at radius 2 is 1.82 bits per heavy atom. The van der Waals surface area contributed by atoms with Crippen LogP contribution >= 0.6 is 0 Å². The molecule has 0 bridgehead atoms. The maximum Gasteiger partial charge on any atom is 0.0594 e. The van der Waals surface area contributed by atoms with Crippen molar-refractivity contribution in [3.63, 3.8) is 0 Å². The lowest BCUT2D eigenvalue weighted by Gasteiger charge is -2.34. The van der Waals surface area contributed by atoms with Gasteiger partial charge in [0.1, 0.15) is 0 Å². The number of morpholine rings is 1. The second kappa shape index (κ2) is 4.04. The van der Waals surface area contributed by atoms with E-state index >= 15 is 0 Å². The van der Waals surface area contributed by atoms with E-state index in [0.29, 0.717) is 6.04 Å². The van der Waals surface area contributed by atoms with Gasteiger partial charge in [0.15, 0.2) is 0 Å². The molecule has 11 heavy (non-hydrogen) atoms. The van der Waals surface area contributed by atoms with Gasteiger partial charge in [-0.2, -0.15) is 0 Å². The maximum absolute atomic E-state index is 5.78. The molecule has 2 atom stereocenters. The number of nitrogens with zero attached hydrogens (tertiary/aromatic N) is 1. The van der Waals surface area contributed by atoms with Crippen molar-refractivity contribution in [1.82, 2.24) is 4.90 Å². The van der Waals surface area contributed by atoms with Crippen molar-refractivity contribution in [2.45, 2.75) is 25.9 Å². The smallest absolute Gasteiger partial charge is 0.0594 e. The Kier molecular flexibility index (Phi) is 3.30. The second-order valence-electron chi connectivity index (χ2n) is 3.25. The van der Waals surface area contributed by atoms with Gasteiger partial charge in [-0.3, -0.25) is 4.90 Å². The molecule has 1 heterocycles. The zero-order valence-corrected chi connectivity index (χ0v) is 7.42. The van der Waals surface area contributed by atoms with Crippen molar-refractivity contribution in [3.8, 4) is 0 Å². The molecule has 3 heteroatoms. The first-order valence-corrected chi connectivity index (χ1v) is 4.29. The predicted octanol–water partition coefficient (Wildman–Crippen LogP) is 0.0543. The van der Waals surface area contributed by atoms with Gasteiger partial charge in [-0.05, 0) is 13.8 Å². The summed E-state index contributed by atoms with van der Waals surface area (Å²) < 4.78 is 5.25. The Balaban J connectivity index is 2.32. The number of ether oxygens (including phenoxy) is 1. The molecular weight excluding hydrogens is 140 g/mol. The summed E-state index contributed by atoms with van der Waals surface area (Å²) >= 11 is 0. The highest BCUT2D eigenvalue weighted by atomic mass is 16.5. The average Bonchev–Trinajstić information content (AvgIpc) is 2.05. The second-order valence-corrected chi connectivity index (χ2v) is 3.25. The average molecular weight is 158 g/mol. The molecule has 1 aliphatic rings. The third kappa shape index (κ3) is 2.43. The van der Waals surface area contributed by atoms with E-state index < -0.39 is 0 Å². The van der Waals surface area contributed by atoms with E-state index in [1.165, 1.54) is 0 Å². The Labute approximate surface area is 68.5 Å². The van der Waals surface area contributed by atoms with Gasteiger partial charge in [-0.1, -0.05) is 0 Å². The lowest BCUT2D eigenvalue weighted by molar-refractivity contribution is 0.0163. The first-order valence-electron chi connectivity index (χ1n) is 4.29. The summed E-state index contributed by atoms with van der Waals surface area (Å²) in [7, 11) is 0. The van der Waals surface area contributed by atoms with Crippen LogP contribution in [0, 0.1) is 0 Å². The zero-order chi connectivity index (χ0) is 8.27. The molecule has 66 valence electrons. The summed E-state index contributed by atoms with van der Waals surface area (Å²) in [5.41, 5.74) is 5.78. The molecule has 0 saturated carbocycles. The molecule has 1 fully saturated rings. The van der Waals surface area contributed by atoms with Gasteiger partial charge in [-0.25, -0.2) is 0 Å². The van der Waals surface area contributed by atoms with Gasteiger partial charge >= 0.3 is 0 Å². The number of rotatable bonds is 2. The van der Waals surface area contributed by atoms with Crippen LogP contribution < -0.4 is 5.73 Å². The Hall–Kier alpha value is -0.120. The fourth-order valence-electron chi connectivity index (χ4n) is 1.32. The van der Waals surface area contributed by atoms with Crippen molar-refractivity contribution in [3.05, 3.63) is 0 Å². The van der Waals surface area contributed by atoms with E-state index in [4.69, 9.17) is 10.5 Å². The lowest BCUT2D eigenvalue weighted by Crippen LogP contribution is -2.49. The summed E-state index contributed by atoms with van der Waals surface area (Å²) in [5.74, 6) is 0. The molecular formula is C8H18N2O. The minimum absolute atomic E-state index is 0.257. The van der Waals surface area contributed by atoms with Crippen LogP contribution in [0.3, 0.4) is 0 Å². The molecule has 1 saturated heterocycles. The molecule has 1 aliphatic heterocycles. The monoisotopic (exact) mass is 158 g/mol. The minimum atomic E-state index is 0.257. The largest absolute Gasteiger partial charge is 0.379 e. The summed E-state index contributed by atoms with van der Waals surface area (Å²) in [5, 5.41) is 0. The normalized spacial score (nSPS) is 26.5. The van der Waals surface area contributed by atoms with E-state index in [1.54, 1.807) is 0 Å². The molecule has 0 aromatic heterocycles. The molecule has 0 spiro atoms. The summed E-state index contributed by atoms with van der Waals surface area (Å²) in [4.78, 5) is 2.38. The Morgan fingerprint density at radius 1 is 1.27 bits per heavy atom. The Morgan fingerprint density at radius 3 is 2.27 bits per heavy atom. The number of hydrogen-bond acceptors (Lipinski definition) is 3. The quantitative estimate of drug-likeness (QED) is 0.617. The van der Waals surface area contributed by atoms with Crippen molar-refractivity contribution in [1.29, 1.82) is 0 Å². The van der Waals surface area contributed by atoms with E-state index in [-0.39, 0.29) is 6.04 Å². The molecule has 0 unspecified atom stereocenters. The summed E-state index contributed by atoms with van der Waals surface area (Å²) in [6.07, 6.45) is 0. The van der Waals surface area contributed by atoms with E-state index in [1.807, 2.05) is 0 Å². The van der Waals surface area contributed by atoms with Gasteiger partial charge in [0.25, 0.3) is 0 Å². The molecule has 1 rings (SSSR count). The molecule has 3 nitrogen and oxygen atoms in total. The topological polar surface area (TPSA) is 38.5 Å². The molecule has 0 amide bonds. The van der Waals surface area contributed by atoms with Crippen LogP contribution in [0.1, 0.15) is 13.8 Å². The van der Waals surface area contributed by atoms with Gasteiger partial charge in [0.05, 0.1) is 13.2 Å². The molecule has 2 N–H and O–H groups in total. The van der Waals surface area contributed by atoms with E-state index in [2.05, 4.69) is 18.7 Å². The Bertz CT molecular complexity index is 111. The van der Waals surface area contributed by atoms with Crippen molar-refractivity contribution >= 4 is 0 Å². The van der Waals surface area contributed by atoms with Gasteiger partial charge in [0, 0.05) is 25.2 Å². The van der Waals surface area contributed by atoms with Gasteiger partial charge in [-0.15, -0.1) is 0 Å². The van der Waals surface area contributed by atoms with Crippen LogP contribution in [-0.2, 0) is 4.74 Å². The van der Waals surface area contributed by atoms with Crippen LogP contribution in [0.4, 0.5) is 0 Å². The zero-order valence-electron chi connectivity index (χ0n) is 7.42. The van der Waals surface area contributed by atoms with Crippen molar-refractivity contribution in [2.24, 2.45) is 5.73 Å². The molecule has 0 radical (unpaired) electrons. The van der Waals surface area contributed by atoms with E-state index in [0.717, 1.165) is 26.3 Å². The van der Waals surface area contributed by atoms with Crippen LogP contribution in [0.15, 0.2) is 0 Å². The van der Waals surface area contributed by atoms with Crippen LogP contribution in [0.2, 0.25) is 0 Å². The highest BCUT2D eigenvalue weighted by molar-refractivity contribution is 4.76. The third-order valence-electron chi connectivity index (χ3n) is 2.38. The maximum atomic E-state index is 5.78. The first-order chi connectivity index (χ1) is 5.22. The molecule has 0 aromatic rings. The van der Waals surface area contributed by atoms with Crippen molar-refractivity contribution < 1.29 is 4.74 Å². The minimum Gasteiger partial charge on any atom is -0.379 e. The highest BCUT2D eigenvalue weighted by Crippen LogP contribution is 2.05. The number of hydrogen-bond donors (Lipinski definition) is 1. The van der Waals surface area contributed by atoms with Crippen LogP contribution in [-0.4, -0.2) is 43.3 Å². The van der Waals surface area contributed by atoms with Crippen LogP contribution in [0.5, 0.6) is 0 Å². The first kappa shape index (κ1) is 8.97. The molecule has 0 aliphatic carbocycles. The standard InChI is InChI=1S/C8H18N2O/c1-7(9)8(2)10-3-5-11-6-4-10/h7-8H,3-6,9H2,1-2H3/t7-,8+/m1/s1. The SMILES string of the molecule is C[C@@H](N)[C@H](C)N1CCOCC1. The van der Waals surface area contributed by atoms with E-state index in [9.17, 15) is 0 Å². The summed E-state index contributed by atoms with van der Waals surface area (Å²) in [6.45, 7) is 8.01. The van der Waals surface area contributed by atoms with Gasteiger partial charge in [0.2, 0.25) is 0 Å². The van der Waals surface area contributed by atoms with Crippen molar-refractivity contribution in [2.75, 3.05) is 26.3 Å². The molecule has 0 aromatic carbocycles. The predicted molar refractivity (Wildman–Crippen MR) is 45.5 cm³/mol. The fraction of sp³-hybridized carbons (Fsp3) is 1.00. The third-order valence-corrected chi connectivity index (χ3v) is 2.38. The fourth-order valence-corrected chi connectivity index (χ4v) is 1.32. The lowest BCUT2D eigenvalue weighted by atomic mass is 10.1. The summed E-state index contributed by atoms with van der Waals surface area (Å²) in [6, 6.07) is 0.743.